The molecule has 0 aromatic rings. The monoisotopic (exact) mass is 159 g/mol. The van der Waals surface area contributed by atoms with Crippen LogP contribution in [0, 0.1) is 0 Å². The molecule has 0 radical (unpaired) electrons. The van der Waals surface area contributed by atoms with Gasteiger partial charge in [0.05, 0.1) is 6.54 Å². The van der Waals surface area contributed by atoms with E-state index in [2.05, 4.69) is 4.90 Å². The maximum Gasteiger partial charge on any atom is 0.143 e. The first-order valence-electron chi connectivity index (χ1n) is 3.51. The summed E-state index contributed by atoms with van der Waals surface area (Å²) in [5, 5.41) is 0. The minimum Gasteiger partial charge on any atom is -0.299 e. The van der Waals surface area contributed by atoms with Gasteiger partial charge in [-0.25, -0.2) is 0 Å². The van der Waals surface area contributed by atoms with Gasteiger partial charge in [0.2, 0.25) is 0 Å². The van der Waals surface area contributed by atoms with Gasteiger partial charge in [-0.1, -0.05) is 14.9 Å². The molecule has 1 aliphatic rings. The summed E-state index contributed by atoms with van der Waals surface area (Å²) in [7, 11) is 0. The Kier molecular flexibility index (Phi) is 7.64. The van der Waals surface area contributed by atoms with Crippen LogP contribution in [0.4, 0.5) is 0 Å². The SMILES string of the molecule is C.C.CC(=O)CN1CCCC1. The van der Waals surface area contributed by atoms with Crippen LogP contribution in [0.25, 0.3) is 0 Å². The van der Waals surface area contributed by atoms with Crippen molar-refractivity contribution in [2.24, 2.45) is 0 Å². The standard InChI is InChI=1S/C7H13NO.2CH4/c1-7(9)6-8-4-2-3-5-8;;/h2-6H2,1H3;2*1H4. The molecule has 1 saturated heterocycles. The van der Waals surface area contributed by atoms with Crippen molar-refractivity contribution in [1.82, 2.24) is 4.90 Å². The molecular weight excluding hydrogens is 138 g/mol. The summed E-state index contributed by atoms with van der Waals surface area (Å²) >= 11 is 0. The van der Waals surface area contributed by atoms with Crippen LogP contribution >= 0.6 is 0 Å². The Labute approximate surface area is 70.6 Å². The van der Waals surface area contributed by atoms with E-state index in [1.54, 1.807) is 6.92 Å². The summed E-state index contributed by atoms with van der Waals surface area (Å²) in [4.78, 5) is 12.8. The molecule has 1 heterocycles. The molecule has 0 amide bonds. The second-order valence-corrected chi connectivity index (χ2v) is 2.69. The molecule has 1 aliphatic heterocycles. The van der Waals surface area contributed by atoms with Gasteiger partial charge in [0, 0.05) is 0 Å². The molecule has 2 heteroatoms. The Morgan fingerprint density at radius 2 is 1.73 bits per heavy atom. The number of carbonyl (C=O) groups is 1. The van der Waals surface area contributed by atoms with E-state index < -0.39 is 0 Å². The van der Waals surface area contributed by atoms with E-state index in [1.807, 2.05) is 0 Å². The van der Waals surface area contributed by atoms with Gasteiger partial charge in [-0.2, -0.15) is 0 Å². The van der Waals surface area contributed by atoms with E-state index in [-0.39, 0.29) is 20.6 Å². The van der Waals surface area contributed by atoms with Crippen LogP contribution in [-0.2, 0) is 4.79 Å². The van der Waals surface area contributed by atoms with Crippen molar-refractivity contribution in [2.45, 2.75) is 34.6 Å². The molecule has 1 fully saturated rings. The van der Waals surface area contributed by atoms with Gasteiger partial charge in [0.25, 0.3) is 0 Å². The van der Waals surface area contributed by atoms with Crippen LogP contribution in [0.5, 0.6) is 0 Å². The van der Waals surface area contributed by atoms with E-state index in [0.29, 0.717) is 6.54 Å². The summed E-state index contributed by atoms with van der Waals surface area (Å²) < 4.78 is 0. The van der Waals surface area contributed by atoms with Crippen molar-refractivity contribution in [3.8, 4) is 0 Å². The van der Waals surface area contributed by atoms with Crippen molar-refractivity contribution in [1.29, 1.82) is 0 Å². The molecule has 0 atom stereocenters. The average molecular weight is 159 g/mol. The first kappa shape index (κ1) is 13.2. The fourth-order valence-corrected chi connectivity index (χ4v) is 1.26. The molecule has 0 unspecified atom stereocenters. The van der Waals surface area contributed by atoms with Crippen LogP contribution in [0.2, 0.25) is 0 Å². The highest BCUT2D eigenvalue weighted by molar-refractivity contribution is 5.77. The molecule has 0 bridgehead atoms. The van der Waals surface area contributed by atoms with E-state index in [9.17, 15) is 4.79 Å². The fraction of sp³-hybridized carbons (Fsp3) is 0.889. The van der Waals surface area contributed by atoms with Gasteiger partial charge >= 0.3 is 0 Å². The molecule has 0 aromatic heterocycles. The Balaban J connectivity index is 0. The first-order chi connectivity index (χ1) is 4.29. The Morgan fingerprint density at radius 1 is 1.27 bits per heavy atom. The van der Waals surface area contributed by atoms with Gasteiger partial charge in [-0.15, -0.1) is 0 Å². The van der Waals surface area contributed by atoms with Gasteiger partial charge < -0.3 is 0 Å². The van der Waals surface area contributed by atoms with E-state index in [1.165, 1.54) is 12.8 Å². The summed E-state index contributed by atoms with van der Waals surface area (Å²) in [6.45, 7) is 4.57. The zero-order chi connectivity index (χ0) is 6.69. The molecule has 2 nitrogen and oxygen atoms in total. The third kappa shape index (κ3) is 4.96. The Morgan fingerprint density at radius 3 is 2.09 bits per heavy atom. The highest BCUT2D eigenvalue weighted by Gasteiger charge is 2.11. The number of likely N-dealkylation sites (tertiary alicyclic amines) is 1. The number of hydrogen-bond donors (Lipinski definition) is 0. The van der Waals surface area contributed by atoms with Gasteiger partial charge in [0.15, 0.2) is 0 Å². The van der Waals surface area contributed by atoms with Crippen LogP contribution < -0.4 is 0 Å². The lowest BCUT2D eigenvalue weighted by molar-refractivity contribution is -0.117. The lowest BCUT2D eigenvalue weighted by Gasteiger charge is -2.10. The second-order valence-electron chi connectivity index (χ2n) is 2.69. The Bertz CT molecular complexity index is 106. The van der Waals surface area contributed by atoms with Crippen LogP contribution in [0.15, 0.2) is 0 Å². The van der Waals surface area contributed by atoms with Crippen molar-refractivity contribution >= 4 is 5.78 Å². The molecule has 0 N–H and O–H groups in total. The quantitative estimate of drug-likeness (QED) is 0.613. The van der Waals surface area contributed by atoms with Crippen molar-refractivity contribution in [2.75, 3.05) is 19.6 Å². The number of carbonyl (C=O) groups excluding carboxylic acids is 1. The molecule has 11 heavy (non-hydrogen) atoms. The number of ketones is 1. The highest BCUT2D eigenvalue weighted by atomic mass is 16.1. The molecule has 0 saturated carbocycles. The first-order valence-corrected chi connectivity index (χ1v) is 3.51. The predicted octanol–water partition coefficient (Wildman–Crippen LogP) is 1.94. The number of rotatable bonds is 2. The van der Waals surface area contributed by atoms with Crippen molar-refractivity contribution in [3.63, 3.8) is 0 Å². The fourth-order valence-electron chi connectivity index (χ4n) is 1.26. The van der Waals surface area contributed by atoms with Crippen molar-refractivity contribution < 1.29 is 4.79 Å². The average Bonchev–Trinajstić information content (AvgIpc) is 2.15. The zero-order valence-electron chi connectivity index (χ0n) is 5.89. The smallest absolute Gasteiger partial charge is 0.143 e. The molecule has 1 rings (SSSR count). The number of hydrogen-bond acceptors (Lipinski definition) is 2. The minimum absolute atomic E-state index is 0. The third-order valence-electron chi connectivity index (χ3n) is 1.64. The molecule has 0 aliphatic carbocycles. The predicted molar refractivity (Wildman–Crippen MR) is 49.8 cm³/mol. The summed E-state index contributed by atoms with van der Waals surface area (Å²) in [5.41, 5.74) is 0. The minimum atomic E-state index is 0. The maximum atomic E-state index is 10.6. The van der Waals surface area contributed by atoms with Gasteiger partial charge in [-0.05, 0) is 32.9 Å². The van der Waals surface area contributed by atoms with E-state index >= 15 is 0 Å². The van der Waals surface area contributed by atoms with E-state index in [4.69, 9.17) is 0 Å². The molecular formula is C9H21NO. The second kappa shape index (κ2) is 6.35. The normalized spacial score (nSPS) is 16.8. The summed E-state index contributed by atoms with van der Waals surface area (Å²) in [6.07, 6.45) is 2.54. The molecule has 68 valence electrons. The lowest BCUT2D eigenvalue weighted by atomic mass is 10.4. The number of Topliss-reactive ketones (excluding diaryl/α,β-unsaturated/α-hetero) is 1. The zero-order valence-corrected chi connectivity index (χ0v) is 5.89. The lowest BCUT2D eigenvalue weighted by Crippen LogP contribution is -2.24. The maximum absolute atomic E-state index is 10.6. The summed E-state index contributed by atoms with van der Waals surface area (Å²) in [6, 6.07) is 0. The van der Waals surface area contributed by atoms with Crippen LogP contribution in [0.3, 0.4) is 0 Å². The molecule has 0 aromatic carbocycles. The van der Waals surface area contributed by atoms with Gasteiger partial charge in [0.1, 0.15) is 5.78 Å². The van der Waals surface area contributed by atoms with Crippen LogP contribution in [-0.4, -0.2) is 30.3 Å². The number of nitrogens with zero attached hydrogens (tertiary/aromatic N) is 1. The Hall–Kier alpha value is -0.370. The van der Waals surface area contributed by atoms with Crippen molar-refractivity contribution in [3.05, 3.63) is 0 Å². The topological polar surface area (TPSA) is 20.3 Å². The van der Waals surface area contributed by atoms with Gasteiger partial charge in [-0.3, -0.25) is 9.69 Å². The molecule has 0 spiro atoms. The largest absolute Gasteiger partial charge is 0.299 e. The highest BCUT2D eigenvalue weighted by Crippen LogP contribution is 2.05. The van der Waals surface area contributed by atoms with E-state index in [0.717, 1.165) is 13.1 Å². The third-order valence-corrected chi connectivity index (χ3v) is 1.64. The summed E-state index contributed by atoms with van der Waals surface area (Å²) in [5.74, 6) is 0.289. The van der Waals surface area contributed by atoms with Crippen LogP contribution in [0.1, 0.15) is 34.6 Å².